The zero-order valence-corrected chi connectivity index (χ0v) is 4.88. The lowest BCUT2D eigenvalue weighted by atomic mass is 10.1. The minimum Gasteiger partial charge on any atom is -0.327 e. The van der Waals surface area contributed by atoms with Gasteiger partial charge in [-0.2, -0.15) is 0 Å². The molecule has 2 aliphatic rings. The Hall–Kier alpha value is -0.300. The molecular weight excluding hydrogens is 98.1 g/mol. The summed E-state index contributed by atoms with van der Waals surface area (Å²) in [5, 5.41) is 0. The van der Waals surface area contributed by atoms with E-state index in [-0.39, 0.29) is 0 Å². The summed E-state index contributed by atoms with van der Waals surface area (Å²) >= 11 is 0. The molecule has 2 aliphatic carbocycles. The topological polar surface area (TPSA) is 26.0 Å². The first-order chi connectivity index (χ1) is 3.88. The molecule has 2 atom stereocenters. The second-order valence-electron chi connectivity index (χ2n) is 2.87. The maximum Gasteiger partial charge on any atom is 0.0165 e. The van der Waals surface area contributed by atoms with Crippen molar-refractivity contribution in [1.29, 1.82) is 0 Å². The molecule has 0 heterocycles. The molecule has 0 amide bonds. The molecule has 0 aromatic carbocycles. The summed E-state index contributed by atoms with van der Waals surface area (Å²) in [6.45, 7) is 0. The summed E-state index contributed by atoms with van der Waals surface area (Å²) in [6, 6.07) is 0.481. The number of hydrogen-bond acceptors (Lipinski definition) is 1. The van der Waals surface area contributed by atoms with E-state index in [0.717, 1.165) is 11.8 Å². The summed E-state index contributed by atoms with van der Waals surface area (Å²) < 4.78 is 0. The molecule has 8 heavy (non-hydrogen) atoms. The summed E-state index contributed by atoms with van der Waals surface area (Å²) in [5.41, 5.74) is 5.82. The van der Waals surface area contributed by atoms with Crippen molar-refractivity contribution >= 4 is 0 Å². The lowest BCUT2D eigenvalue weighted by molar-refractivity contribution is 0.560. The Morgan fingerprint density at radius 2 is 1.62 bits per heavy atom. The van der Waals surface area contributed by atoms with E-state index in [1.54, 1.807) is 0 Å². The van der Waals surface area contributed by atoms with Crippen molar-refractivity contribution in [3.05, 3.63) is 12.2 Å². The van der Waals surface area contributed by atoms with Crippen LogP contribution >= 0.6 is 0 Å². The largest absolute Gasteiger partial charge is 0.327 e. The Balaban J connectivity index is 2.27. The first-order valence-corrected chi connectivity index (χ1v) is 3.32. The highest BCUT2D eigenvalue weighted by Crippen LogP contribution is 2.37. The van der Waals surface area contributed by atoms with Crippen LogP contribution in [0.2, 0.25) is 0 Å². The molecule has 44 valence electrons. The van der Waals surface area contributed by atoms with Crippen molar-refractivity contribution in [3.8, 4) is 0 Å². The van der Waals surface area contributed by atoms with E-state index in [1.165, 1.54) is 12.8 Å². The fourth-order valence-electron chi connectivity index (χ4n) is 1.82. The van der Waals surface area contributed by atoms with E-state index in [1.807, 2.05) is 0 Å². The number of hydrogen-bond donors (Lipinski definition) is 1. The van der Waals surface area contributed by atoms with Crippen molar-refractivity contribution in [1.82, 2.24) is 0 Å². The van der Waals surface area contributed by atoms with Gasteiger partial charge in [-0.3, -0.25) is 0 Å². The molecule has 0 saturated heterocycles. The number of fused-ring (bicyclic) bond motifs is 2. The van der Waals surface area contributed by atoms with Gasteiger partial charge < -0.3 is 5.73 Å². The van der Waals surface area contributed by atoms with Crippen LogP contribution in [0.15, 0.2) is 12.2 Å². The van der Waals surface area contributed by atoms with Crippen LogP contribution in [0.3, 0.4) is 0 Å². The van der Waals surface area contributed by atoms with Gasteiger partial charge >= 0.3 is 0 Å². The van der Waals surface area contributed by atoms with Crippen molar-refractivity contribution in [2.75, 3.05) is 0 Å². The van der Waals surface area contributed by atoms with Gasteiger partial charge in [-0.25, -0.2) is 0 Å². The Kier molecular flexibility index (Phi) is 0.770. The molecule has 0 aliphatic heterocycles. The molecule has 2 unspecified atom stereocenters. The Labute approximate surface area is 49.6 Å². The smallest absolute Gasteiger partial charge is 0.0165 e. The van der Waals surface area contributed by atoms with Gasteiger partial charge in [0.05, 0.1) is 0 Å². The molecule has 1 nitrogen and oxygen atoms in total. The van der Waals surface area contributed by atoms with E-state index in [4.69, 9.17) is 5.73 Å². The fourth-order valence-corrected chi connectivity index (χ4v) is 1.82. The molecule has 0 radical (unpaired) electrons. The van der Waals surface area contributed by atoms with Crippen molar-refractivity contribution in [2.45, 2.75) is 18.9 Å². The van der Waals surface area contributed by atoms with Crippen molar-refractivity contribution in [3.63, 3.8) is 0 Å². The summed E-state index contributed by atoms with van der Waals surface area (Å²) in [7, 11) is 0. The molecule has 0 aromatic rings. The van der Waals surface area contributed by atoms with Crippen LogP contribution < -0.4 is 5.73 Å². The highest BCUT2D eigenvalue weighted by Gasteiger charge is 2.34. The first-order valence-electron chi connectivity index (χ1n) is 3.32. The molecule has 1 heteroatoms. The van der Waals surface area contributed by atoms with E-state index in [0.29, 0.717) is 6.04 Å². The van der Waals surface area contributed by atoms with Gasteiger partial charge in [0.2, 0.25) is 0 Å². The maximum absolute atomic E-state index is 5.82. The second-order valence-corrected chi connectivity index (χ2v) is 2.87. The van der Waals surface area contributed by atoms with Gasteiger partial charge in [0.25, 0.3) is 0 Å². The van der Waals surface area contributed by atoms with E-state index < -0.39 is 0 Å². The Morgan fingerprint density at radius 3 is 1.75 bits per heavy atom. The molecule has 0 spiro atoms. The molecule has 1 saturated carbocycles. The third-order valence-electron chi connectivity index (χ3n) is 2.43. The monoisotopic (exact) mass is 109 g/mol. The number of rotatable bonds is 0. The normalized spacial score (nSPS) is 50.9. The van der Waals surface area contributed by atoms with Crippen LogP contribution in [0.1, 0.15) is 12.8 Å². The minimum absolute atomic E-state index is 0.481. The van der Waals surface area contributed by atoms with Gasteiger partial charge in [-0.1, -0.05) is 12.2 Å². The molecule has 1 fully saturated rings. The highest BCUT2D eigenvalue weighted by molar-refractivity contribution is 5.13. The molecule has 2 N–H and O–H groups in total. The van der Waals surface area contributed by atoms with Gasteiger partial charge in [0.15, 0.2) is 0 Å². The average Bonchev–Trinajstić information content (AvgIpc) is 2.29. The second kappa shape index (κ2) is 1.35. The predicted molar refractivity (Wildman–Crippen MR) is 33.3 cm³/mol. The zero-order chi connectivity index (χ0) is 5.56. The molecule has 0 aromatic heterocycles. The standard InChI is InChI=1S/C7H11N/c8-7-5-1-2-6(7)4-3-5/h1-2,5-7H,3-4,8H2. The average molecular weight is 109 g/mol. The lowest BCUT2D eigenvalue weighted by Crippen LogP contribution is -2.25. The quantitative estimate of drug-likeness (QED) is 0.460. The molecule has 2 rings (SSSR count). The summed E-state index contributed by atoms with van der Waals surface area (Å²) in [5.74, 6) is 1.47. The lowest BCUT2D eigenvalue weighted by Gasteiger charge is -2.05. The SMILES string of the molecule is NC1C2C=CC1CC2. The summed E-state index contributed by atoms with van der Waals surface area (Å²) in [4.78, 5) is 0. The van der Waals surface area contributed by atoms with E-state index >= 15 is 0 Å². The van der Waals surface area contributed by atoms with Crippen molar-refractivity contribution < 1.29 is 0 Å². The van der Waals surface area contributed by atoms with E-state index in [2.05, 4.69) is 12.2 Å². The first kappa shape index (κ1) is 4.57. The molecular formula is C7H11N. The van der Waals surface area contributed by atoms with Crippen LogP contribution in [-0.4, -0.2) is 6.04 Å². The Morgan fingerprint density at radius 1 is 1.12 bits per heavy atom. The Bertz CT molecular complexity index is 114. The van der Waals surface area contributed by atoms with Gasteiger partial charge in [-0.05, 0) is 24.7 Å². The van der Waals surface area contributed by atoms with E-state index in [9.17, 15) is 0 Å². The van der Waals surface area contributed by atoms with Gasteiger partial charge in [0, 0.05) is 6.04 Å². The van der Waals surface area contributed by atoms with Crippen molar-refractivity contribution in [2.24, 2.45) is 17.6 Å². The minimum atomic E-state index is 0.481. The highest BCUT2D eigenvalue weighted by atomic mass is 14.7. The zero-order valence-electron chi connectivity index (χ0n) is 4.88. The van der Waals surface area contributed by atoms with Crippen LogP contribution in [0, 0.1) is 11.8 Å². The van der Waals surface area contributed by atoms with Gasteiger partial charge in [0.1, 0.15) is 0 Å². The molecule has 2 bridgehead atoms. The predicted octanol–water partition coefficient (Wildman–Crippen LogP) is 0.910. The summed E-state index contributed by atoms with van der Waals surface area (Å²) in [6.07, 6.45) is 7.22. The fraction of sp³-hybridized carbons (Fsp3) is 0.714. The van der Waals surface area contributed by atoms with Crippen LogP contribution in [-0.2, 0) is 0 Å². The third-order valence-corrected chi connectivity index (χ3v) is 2.43. The number of nitrogens with two attached hydrogens (primary N) is 1. The third kappa shape index (κ3) is 0.402. The van der Waals surface area contributed by atoms with Crippen LogP contribution in [0.4, 0.5) is 0 Å². The van der Waals surface area contributed by atoms with Crippen LogP contribution in [0.25, 0.3) is 0 Å². The maximum atomic E-state index is 5.82. The van der Waals surface area contributed by atoms with Gasteiger partial charge in [-0.15, -0.1) is 0 Å². The van der Waals surface area contributed by atoms with Crippen LogP contribution in [0.5, 0.6) is 0 Å².